The molecule has 0 spiro atoms. The van der Waals surface area contributed by atoms with Crippen LogP contribution < -0.4 is 16.6 Å². The van der Waals surface area contributed by atoms with E-state index in [2.05, 4.69) is 10.4 Å². The summed E-state index contributed by atoms with van der Waals surface area (Å²) in [5, 5.41) is 7.75. The molecule has 1 aromatic heterocycles. The molecule has 0 saturated carbocycles. The molecule has 0 aliphatic carbocycles. The minimum Gasteiger partial charge on any atom is -0.329 e. The van der Waals surface area contributed by atoms with Crippen LogP contribution in [-0.2, 0) is 11.8 Å². The van der Waals surface area contributed by atoms with Crippen LogP contribution in [-0.4, -0.2) is 52.1 Å². The second-order valence-electron chi connectivity index (χ2n) is 6.27. The predicted molar refractivity (Wildman–Crippen MR) is 93.9 cm³/mol. The number of halogens is 1. The van der Waals surface area contributed by atoms with Gasteiger partial charge in [-0.15, -0.1) is 11.6 Å². The first-order valence-corrected chi connectivity index (χ1v) is 8.85. The fraction of sp³-hybridized carbons (Fsp3) is 0.688. The fourth-order valence-electron chi connectivity index (χ4n) is 3.31. The number of carbonyl (C=O) groups is 1. The SMILES string of the molecule is C[C@@H](CN)N(C(=O)CCl)C(c1ccc(=O)n(C)n1)C1CCNCC1. The highest BCUT2D eigenvalue weighted by molar-refractivity contribution is 6.27. The summed E-state index contributed by atoms with van der Waals surface area (Å²) >= 11 is 5.85. The molecule has 8 heteroatoms. The molecular weight excluding hydrogens is 330 g/mol. The highest BCUT2D eigenvalue weighted by Crippen LogP contribution is 2.34. The Kier molecular flexibility index (Phi) is 6.77. The molecule has 1 unspecified atom stereocenters. The highest BCUT2D eigenvalue weighted by atomic mass is 35.5. The molecule has 1 saturated heterocycles. The van der Waals surface area contributed by atoms with Gasteiger partial charge < -0.3 is 16.0 Å². The third-order valence-corrected chi connectivity index (χ3v) is 4.86. The van der Waals surface area contributed by atoms with E-state index in [1.54, 1.807) is 18.0 Å². The lowest BCUT2D eigenvalue weighted by atomic mass is 9.86. The molecule has 7 nitrogen and oxygen atoms in total. The molecule has 1 aliphatic heterocycles. The smallest absolute Gasteiger partial charge is 0.266 e. The number of hydrogen-bond donors (Lipinski definition) is 2. The van der Waals surface area contributed by atoms with Crippen LogP contribution in [0.5, 0.6) is 0 Å². The monoisotopic (exact) mass is 355 g/mol. The minimum atomic E-state index is -0.233. The Hall–Kier alpha value is -1.44. The largest absolute Gasteiger partial charge is 0.329 e. The zero-order valence-corrected chi connectivity index (χ0v) is 15.0. The summed E-state index contributed by atoms with van der Waals surface area (Å²) in [6, 6.07) is 2.82. The minimum absolute atomic E-state index is 0.0996. The van der Waals surface area contributed by atoms with Crippen molar-refractivity contribution in [3.63, 3.8) is 0 Å². The molecule has 0 radical (unpaired) electrons. The van der Waals surface area contributed by atoms with Gasteiger partial charge >= 0.3 is 0 Å². The summed E-state index contributed by atoms with van der Waals surface area (Å²) in [7, 11) is 1.62. The maximum Gasteiger partial charge on any atom is 0.266 e. The summed E-state index contributed by atoms with van der Waals surface area (Å²) in [6.45, 7) is 4.05. The van der Waals surface area contributed by atoms with Crippen LogP contribution in [0, 0.1) is 5.92 Å². The van der Waals surface area contributed by atoms with Gasteiger partial charge in [0.15, 0.2) is 0 Å². The van der Waals surface area contributed by atoms with E-state index in [9.17, 15) is 9.59 Å². The highest BCUT2D eigenvalue weighted by Gasteiger charge is 2.36. The quantitative estimate of drug-likeness (QED) is 0.713. The van der Waals surface area contributed by atoms with Crippen molar-refractivity contribution < 1.29 is 4.79 Å². The zero-order chi connectivity index (χ0) is 17.7. The summed E-state index contributed by atoms with van der Waals surface area (Å²) in [5.41, 5.74) is 6.37. The first kappa shape index (κ1) is 18.9. The van der Waals surface area contributed by atoms with E-state index in [0.717, 1.165) is 25.9 Å². The van der Waals surface area contributed by atoms with Crippen molar-refractivity contribution in [1.82, 2.24) is 20.0 Å². The Morgan fingerprint density at radius 3 is 2.71 bits per heavy atom. The van der Waals surface area contributed by atoms with Crippen molar-refractivity contribution in [3.8, 4) is 0 Å². The number of nitrogens with two attached hydrogens (primary N) is 1. The van der Waals surface area contributed by atoms with Gasteiger partial charge in [0.2, 0.25) is 5.91 Å². The molecule has 2 atom stereocenters. The van der Waals surface area contributed by atoms with E-state index in [1.165, 1.54) is 10.7 Å². The van der Waals surface area contributed by atoms with Crippen molar-refractivity contribution in [1.29, 1.82) is 0 Å². The van der Waals surface area contributed by atoms with Gasteiger partial charge in [-0.1, -0.05) is 0 Å². The van der Waals surface area contributed by atoms with Crippen LogP contribution in [0.15, 0.2) is 16.9 Å². The Morgan fingerprint density at radius 1 is 1.50 bits per heavy atom. The van der Waals surface area contributed by atoms with Gasteiger partial charge in [0, 0.05) is 25.7 Å². The summed E-state index contributed by atoms with van der Waals surface area (Å²) in [6.07, 6.45) is 1.86. The fourth-order valence-corrected chi connectivity index (χ4v) is 3.44. The number of nitrogens with zero attached hydrogens (tertiary/aromatic N) is 3. The van der Waals surface area contributed by atoms with Crippen LogP contribution in [0.1, 0.15) is 31.5 Å². The van der Waals surface area contributed by atoms with E-state index < -0.39 is 0 Å². The summed E-state index contributed by atoms with van der Waals surface area (Å²) in [4.78, 5) is 26.0. The summed E-state index contributed by atoms with van der Waals surface area (Å²) in [5.74, 6) is -0.0105. The van der Waals surface area contributed by atoms with Crippen molar-refractivity contribution in [2.75, 3.05) is 25.5 Å². The lowest BCUT2D eigenvalue weighted by molar-refractivity contribution is -0.135. The molecule has 1 aromatic rings. The Labute approximate surface area is 147 Å². The molecule has 2 rings (SSSR count). The number of hydrogen-bond acceptors (Lipinski definition) is 5. The summed E-state index contributed by atoms with van der Waals surface area (Å²) < 4.78 is 1.31. The average molecular weight is 356 g/mol. The molecule has 0 aromatic carbocycles. The van der Waals surface area contributed by atoms with Crippen molar-refractivity contribution in [2.24, 2.45) is 18.7 Å². The zero-order valence-electron chi connectivity index (χ0n) is 14.2. The second kappa shape index (κ2) is 8.60. The van der Waals surface area contributed by atoms with Gasteiger partial charge in [0.05, 0.1) is 11.7 Å². The molecule has 1 fully saturated rings. The Bertz CT molecular complexity index is 615. The molecule has 0 bridgehead atoms. The molecule has 134 valence electrons. The number of amides is 1. The standard InChI is InChI=1S/C16H26ClN5O2/c1-11(10-18)22(15(24)9-17)16(12-5-7-19-8-6-12)13-3-4-14(23)21(2)20-13/h3-4,11-12,16,19H,5-10,18H2,1-2H3/t11-,16?/m0/s1. The Balaban J connectivity index is 2.48. The van der Waals surface area contributed by atoms with Crippen LogP contribution in [0.2, 0.25) is 0 Å². The number of carbonyl (C=O) groups excluding carboxylic acids is 1. The topological polar surface area (TPSA) is 93.2 Å². The van der Waals surface area contributed by atoms with Gasteiger partial charge in [-0.3, -0.25) is 9.59 Å². The van der Waals surface area contributed by atoms with Gasteiger partial charge in [0.25, 0.3) is 5.56 Å². The van der Waals surface area contributed by atoms with E-state index >= 15 is 0 Å². The average Bonchev–Trinajstić information content (AvgIpc) is 2.61. The predicted octanol–water partition coefficient (Wildman–Crippen LogP) is 0.236. The maximum absolute atomic E-state index is 12.5. The number of rotatable bonds is 6. The molecular formula is C16H26ClN5O2. The third-order valence-electron chi connectivity index (χ3n) is 4.63. The van der Waals surface area contributed by atoms with Crippen LogP contribution in [0.25, 0.3) is 0 Å². The van der Waals surface area contributed by atoms with Gasteiger partial charge in [-0.05, 0) is 44.8 Å². The van der Waals surface area contributed by atoms with E-state index in [1.807, 2.05) is 6.92 Å². The van der Waals surface area contributed by atoms with Gasteiger partial charge in [-0.25, -0.2) is 4.68 Å². The van der Waals surface area contributed by atoms with E-state index in [0.29, 0.717) is 12.2 Å². The number of piperidine rings is 1. The van der Waals surface area contributed by atoms with Crippen LogP contribution >= 0.6 is 11.6 Å². The van der Waals surface area contributed by atoms with Crippen molar-refractivity contribution in [2.45, 2.75) is 31.8 Å². The van der Waals surface area contributed by atoms with Crippen LogP contribution in [0.4, 0.5) is 0 Å². The molecule has 2 heterocycles. The molecule has 24 heavy (non-hydrogen) atoms. The first-order valence-electron chi connectivity index (χ1n) is 8.31. The maximum atomic E-state index is 12.5. The molecule has 1 aliphatic rings. The van der Waals surface area contributed by atoms with Crippen molar-refractivity contribution in [3.05, 3.63) is 28.2 Å². The second-order valence-corrected chi connectivity index (χ2v) is 6.54. The lowest BCUT2D eigenvalue weighted by Crippen LogP contribution is -2.49. The van der Waals surface area contributed by atoms with E-state index in [-0.39, 0.29) is 35.3 Å². The third kappa shape index (κ3) is 4.15. The first-order chi connectivity index (χ1) is 11.5. The van der Waals surface area contributed by atoms with E-state index in [4.69, 9.17) is 17.3 Å². The van der Waals surface area contributed by atoms with Crippen LogP contribution in [0.3, 0.4) is 0 Å². The Morgan fingerprint density at radius 2 is 2.17 bits per heavy atom. The number of alkyl halides is 1. The van der Waals surface area contributed by atoms with Gasteiger partial charge in [-0.2, -0.15) is 5.10 Å². The molecule has 3 N–H and O–H groups in total. The lowest BCUT2D eigenvalue weighted by Gasteiger charge is -2.41. The van der Waals surface area contributed by atoms with Crippen molar-refractivity contribution >= 4 is 17.5 Å². The molecule has 1 amide bonds. The van der Waals surface area contributed by atoms with Gasteiger partial charge in [0.1, 0.15) is 5.88 Å². The normalized spacial score (nSPS) is 18.2. The number of aryl methyl sites for hydroxylation is 1. The number of nitrogens with one attached hydrogen (secondary N) is 1. The number of aromatic nitrogens is 2.